The van der Waals surface area contributed by atoms with E-state index < -0.39 is 6.10 Å². The molecule has 24 heavy (non-hydrogen) atoms. The Labute approximate surface area is 144 Å². The molecule has 3 N–H and O–H groups in total. The predicted octanol–water partition coefficient (Wildman–Crippen LogP) is 1.34. The number of aliphatic hydroxyl groups excluding tert-OH is 2. The van der Waals surface area contributed by atoms with Gasteiger partial charge in [0.1, 0.15) is 18.5 Å². The van der Waals surface area contributed by atoms with Gasteiger partial charge in [0, 0.05) is 12.6 Å². The lowest BCUT2D eigenvalue weighted by molar-refractivity contribution is 0.0143. The highest BCUT2D eigenvalue weighted by Gasteiger charge is 2.07. The summed E-state index contributed by atoms with van der Waals surface area (Å²) in [5.41, 5.74) is 1.06. The van der Waals surface area contributed by atoms with Crippen molar-refractivity contribution >= 4 is 0 Å². The van der Waals surface area contributed by atoms with Crippen LogP contribution in [0, 0.1) is 0 Å². The molecule has 0 heterocycles. The molecule has 0 saturated heterocycles. The third-order valence-electron chi connectivity index (χ3n) is 3.29. The molecule has 0 amide bonds. The molecule has 2 atom stereocenters. The van der Waals surface area contributed by atoms with Crippen LogP contribution in [-0.2, 0) is 16.1 Å². The van der Waals surface area contributed by atoms with Gasteiger partial charge in [-0.05, 0) is 38.5 Å². The lowest BCUT2D eigenvalue weighted by Gasteiger charge is -2.16. The van der Waals surface area contributed by atoms with Crippen LogP contribution in [-0.4, -0.2) is 61.4 Å². The number of hydrogen-bond donors (Lipinski definition) is 3. The van der Waals surface area contributed by atoms with Crippen molar-refractivity contribution in [1.82, 2.24) is 5.32 Å². The smallest absolute Gasteiger partial charge is 0.119 e. The van der Waals surface area contributed by atoms with Crippen LogP contribution in [0.4, 0.5) is 0 Å². The van der Waals surface area contributed by atoms with Crippen LogP contribution in [0.15, 0.2) is 24.3 Å². The van der Waals surface area contributed by atoms with Crippen LogP contribution in [0.3, 0.4) is 0 Å². The van der Waals surface area contributed by atoms with Gasteiger partial charge >= 0.3 is 0 Å². The van der Waals surface area contributed by atoms with Crippen molar-refractivity contribution in [2.75, 3.05) is 33.0 Å². The molecular formula is C18H31NO5. The monoisotopic (exact) mass is 341 g/mol. The summed E-state index contributed by atoms with van der Waals surface area (Å²) in [6.07, 6.45) is -0.398. The van der Waals surface area contributed by atoms with Crippen molar-refractivity contribution in [3.05, 3.63) is 29.8 Å². The molecule has 0 radical (unpaired) electrons. The molecule has 0 bridgehead atoms. The Bertz CT molecular complexity index is 424. The number of hydrogen-bond acceptors (Lipinski definition) is 6. The van der Waals surface area contributed by atoms with E-state index in [0.29, 0.717) is 32.1 Å². The lowest BCUT2D eigenvalue weighted by Crippen LogP contribution is -2.38. The Morgan fingerprint density at radius 3 is 2.42 bits per heavy atom. The van der Waals surface area contributed by atoms with Crippen LogP contribution in [0.2, 0.25) is 0 Å². The molecule has 0 aliphatic heterocycles. The molecule has 6 nitrogen and oxygen atoms in total. The molecule has 1 aromatic rings. The van der Waals surface area contributed by atoms with E-state index in [2.05, 4.69) is 5.32 Å². The van der Waals surface area contributed by atoms with Gasteiger partial charge in [-0.3, -0.25) is 0 Å². The van der Waals surface area contributed by atoms with Gasteiger partial charge in [0.25, 0.3) is 0 Å². The standard InChI is InChI=1S/C18H31NO5/c1-14(2)23-9-8-22-12-16-4-6-18(7-5-16)24-13-17(21)10-19-15(3)11-20/h4-7,14-15,17,19-21H,8-13H2,1-3H3. The highest BCUT2D eigenvalue weighted by Crippen LogP contribution is 2.13. The molecule has 0 aliphatic carbocycles. The van der Waals surface area contributed by atoms with Gasteiger partial charge in [-0.15, -0.1) is 0 Å². The van der Waals surface area contributed by atoms with Gasteiger partial charge in [-0.2, -0.15) is 0 Å². The number of aliphatic hydroxyl groups is 2. The molecule has 0 aromatic heterocycles. The SMILES string of the molecule is CC(CO)NCC(O)COc1ccc(COCCOC(C)C)cc1. The normalized spacial score (nSPS) is 13.9. The zero-order valence-corrected chi connectivity index (χ0v) is 14.9. The Morgan fingerprint density at radius 1 is 1.08 bits per heavy atom. The maximum atomic E-state index is 9.81. The lowest BCUT2D eigenvalue weighted by atomic mass is 10.2. The van der Waals surface area contributed by atoms with E-state index in [1.807, 2.05) is 45.0 Å². The summed E-state index contributed by atoms with van der Waals surface area (Å²) in [5.74, 6) is 0.705. The van der Waals surface area contributed by atoms with E-state index in [-0.39, 0.29) is 25.4 Å². The molecule has 0 fully saturated rings. The highest BCUT2D eigenvalue weighted by molar-refractivity contribution is 5.26. The van der Waals surface area contributed by atoms with Gasteiger partial charge < -0.3 is 29.7 Å². The van der Waals surface area contributed by atoms with E-state index in [1.165, 1.54) is 0 Å². The molecule has 0 saturated carbocycles. The van der Waals surface area contributed by atoms with Crippen LogP contribution in [0.1, 0.15) is 26.3 Å². The van der Waals surface area contributed by atoms with E-state index in [4.69, 9.17) is 19.3 Å². The zero-order chi connectivity index (χ0) is 17.8. The van der Waals surface area contributed by atoms with Crippen LogP contribution in [0.25, 0.3) is 0 Å². The maximum Gasteiger partial charge on any atom is 0.119 e. The van der Waals surface area contributed by atoms with E-state index >= 15 is 0 Å². The second kappa shape index (κ2) is 12.2. The average molecular weight is 341 g/mol. The van der Waals surface area contributed by atoms with Crippen molar-refractivity contribution in [1.29, 1.82) is 0 Å². The van der Waals surface area contributed by atoms with Gasteiger partial charge in [-0.1, -0.05) is 12.1 Å². The van der Waals surface area contributed by atoms with Crippen LogP contribution >= 0.6 is 0 Å². The Hall–Kier alpha value is -1.18. The predicted molar refractivity (Wildman–Crippen MR) is 93.2 cm³/mol. The number of nitrogens with one attached hydrogen (secondary N) is 1. The zero-order valence-electron chi connectivity index (χ0n) is 14.9. The third-order valence-corrected chi connectivity index (χ3v) is 3.29. The molecule has 6 heteroatoms. The second-order valence-electron chi connectivity index (χ2n) is 6.07. The Balaban J connectivity index is 2.19. The minimum Gasteiger partial charge on any atom is -0.491 e. The maximum absolute atomic E-state index is 9.81. The van der Waals surface area contributed by atoms with Gasteiger partial charge in [0.15, 0.2) is 0 Å². The molecule has 138 valence electrons. The summed E-state index contributed by atoms with van der Waals surface area (Å²) in [7, 11) is 0. The van der Waals surface area contributed by atoms with Crippen molar-refractivity contribution in [3.8, 4) is 5.75 Å². The summed E-state index contributed by atoms with van der Waals surface area (Å²) in [6, 6.07) is 7.57. The summed E-state index contributed by atoms with van der Waals surface area (Å²) in [6.45, 7) is 8.18. The van der Waals surface area contributed by atoms with E-state index in [1.54, 1.807) is 0 Å². The number of rotatable bonds is 13. The second-order valence-corrected chi connectivity index (χ2v) is 6.07. The van der Waals surface area contributed by atoms with Crippen molar-refractivity contribution in [2.45, 2.75) is 45.6 Å². The highest BCUT2D eigenvalue weighted by atomic mass is 16.5. The summed E-state index contributed by atoms with van der Waals surface area (Å²) < 4.78 is 16.5. The summed E-state index contributed by atoms with van der Waals surface area (Å²) in [5, 5.41) is 21.7. The molecule has 1 aromatic carbocycles. The Kier molecular flexibility index (Phi) is 10.6. The molecular weight excluding hydrogens is 310 g/mol. The van der Waals surface area contributed by atoms with Crippen molar-refractivity contribution in [3.63, 3.8) is 0 Å². The van der Waals surface area contributed by atoms with Crippen molar-refractivity contribution in [2.24, 2.45) is 0 Å². The molecule has 0 spiro atoms. The summed E-state index contributed by atoms with van der Waals surface area (Å²) >= 11 is 0. The first kappa shape index (κ1) is 20.9. The Morgan fingerprint density at radius 2 is 1.79 bits per heavy atom. The topological polar surface area (TPSA) is 80.2 Å². The number of benzene rings is 1. The molecule has 2 unspecified atom stereocenters. The van der Waals surface area contributed by atoms with Crippen molar-refractivity contribution < 1.29 is 24.4 Å². The fraction of sp³-hybridized carbons (Fsp3) is 0.667. The fourth-order valence-electron chi connectivity index (χ4n) is 1.87. The van der Waals surface area contributed by atoms with Crippen LogP contribution in [0.5, 0.6) is 5.75 Å². The average Bonchev–Trinajstić information content (AvgIpc) is 2.58. The molecule has 1 rings (SSSR count). The largest absolute Gasteiger partial charge is 0.491 e. The first-order valence-electron chi connectivity index (χ1n) is 8.44. The van der Waals surface area contributed by atoms with Crippen LogP contribution < -0.4 is 10.1 Å². The third kappa shape index (κ3) is 9.85. The molecule has 0 aliphatic rings. The number of ether oxygens (including phenoxy) is 3. The van der Waals surface area contributed by atoms with E-state index in [9.17, 15) is 5.11 Å². The first-order valence-corrected chi connectivity index (χ1v) is 8.44. The quantitative estimate of drug-likeness (QED) is 0.470. The van der Waals surface area contributed by atoms with Gasteiger partial charge in [0.05, 0.1) is 32.5 Å². The van der Waals surface area contributed by atoms with E-state index in [0.717, 1.165) is 5.56 Å². The fourth-order valence-corrected chi connectivity index (χ4v) is 1.87. The van der Waals surface area contributed by atoms with Gasteiger partial charge in [-0.25, -0.2) is 0 Å². The van der Waals surface area contributed by atoms with Gasteiger partial charge in [0.2, 0.25) is 0 Å². The first-order chi connectivity index (χ1) is 11.5. The minimum atomic E-state index is -0.622. The minimum absolute atomic E-state index is 0.0372. The summed E-state index contributed by atoms with van der Waals surface area (Å²) in [4.78, 5) is 0.